The maximum absolute atomic E-state index is 5.69. The van der Waals surface area contributed by atoms with Crippen molar-refractivity contribution in [2.75, 3.05) is 39.6 Å². The molecule has 0 saturated carbocycles. The van der Waals surface area contributed by atoms with Crippen molar-refractivity contribution < 1.29 is 14.2 Å². The fourth-order valence-corrected chi connectivity index (χ4v) is 1.83. The van der Waals surface area contributed by atoms with Gasteiger partial charge in [0.25, 0.3) is 0 Å². The van der Waals surface area contributed by atoms with E-state index in [2.05, 4.69) is 31.3 Å². The quantitative estimate of drug-likeness (QED) is 0.602. The lowest BCUT2D eigenvalue weighted by molar-refractivity contribution is 0.0405. The van der Waals surface area contributed by atoms with Crippen LogP contribution < -0.4 is 10.1 Å². The summed E-state index contributed by atoms with van der Waals surface area (Å²) in [6.07, 6.45) is 0. The first-order valence-electron chi connectivity index (χ1n) is 7.80. The first-order chi connectivity index (χ1) is 10.2. The molecule has 1 aromatic rings. The van der Waals surface area contributed by atoms with E-state index in [0.717, 1.165) is 25.4 Å². The van der Waals surface area contributed by atoms with E-state index in [1.807, 2.05) is 19.1 Å². The standard InChI is InChI=1S/C17H29NO3/c1-4-19-8-9-20-10-11-21-17-7-5-6-16(12-17)14-18-13-15(2)3/h5-7,12,15,18H,4,8-11,13-14H2,1-3H3. The molecule has 0 aliphatic heterocycles. The smallest absolute Gasteiger partial charge is 0.119 e. The number of ether oxygens (including phenoxy) is 3. The lowest BCUT2D eigenvalue weighted by atomic mass is 10.2. The van der Waals surface area contributed by atoms with Gasteiger partial charge in [0.05, 0.1) is 19.8 Å². The molecule has 4 nitrogen and oxygen atoms in total. The first kappa shape index (κ1) is 18.0. The summed E-state index contributed by atoms with van der Waals surface area (Å²) in [5.74, 6) is 1.56. The lowest BCUT2D eigenvalue weighted by Crippen LogP contribution is -2.18. The van der Waals surface area contributed by atoms with Crippen LogP contribution in [0.3, 0.4) is 0 Å². The fraction of sp³-hybridized carbons (Fsp3) is 0.647. The van der Waals surface area contributed by atoms with E-state index in [-0.39, 0.29) is 0 Å². The average molecular weight is 295 g/mol. The van der Waals surface area contributed by atoms with E-state index < -0.39 is 0 Å². The fourth-order valence-electron chi connectivity index (χ4n) is 1.83. The van der Waals surface area contributed by atoms with Gasteiger partial charge in [0.2, 0.25) is 0 Å². The van der Waals surface area contributed by atoms with Gasteiger partial charge in [0.1, 0.15) is 12.4 Å². The molecule has 0 bridgehead atoms. The van der Waals surface area contributed by atoms with Gasteiger partial charge in [-0.05, 0) is 37.1 Å². The topological polar surface area (TPSA) is 39.7 Å². The molecule has 4 heteroatoms. The molecule has 0 aliphatic carbocycles. The van der Waals surface area contributed by atoms with Crippen LogP contribution >= 0.6 is 0 Å². The van der Waals surface area contributed by atoms with E-state index >= 15 is 0 Å². The van der Waals surface area contributed by atoms with Crippen molar-refractivity contribution in [2.24, 2.45) is 5.92 Å². The van der Waals surface area contributed by atoms with Crippen LogP contribution in [0.15, 0.2) is 24.3 Å². The molecule has 0 radical (unpaired) electrons. The molecule has 0 aliphatic rings. The Kier molecular flexibility index (Phi) is 9.87. The Bertz CT molecular complexity index is 369. The van der Waals surface area contributed by atoms with Crippen molar-refractivity contribution in [1.29, 1.82) is 0 Å². The van der Waals surface area contributed by atoms with E-state index in [9.17, 15) is 0 Å². The summed E-state index contributed by atoms with van der Waals surface area (Å²) in [5, 5.41) is 3.43. The SMILES string of the molecule is CCOCCOCCOc1cccc(CNCC(C)C)c1. The van der Waals surface area contributed by atoms with E-state index in [4.69, 9.17) is 14.2 Å². The molecule has 1 aromatic carbocycles. The van der Waals surface area contributed by atoms with Gasteiger partial charge in [-0.3, -0.25) is 0 Å². The number of benzene rings is 1. The predicted molar refractivity (Wildman–Crippen MR) is 85.8 cm³/mol. The maximum atomic E-state index is 5.69. The van der Waals surface area contributed by atoms with E-state index in [1.165, 1.54) is 5.56 Å². The Hall–Kier alpha value is -1.10. The molecular formula is C17H29NO3. The van der Waals surface area contributed by atoms with E-state index in [1.54, 1.807) is 0 Å². The zero-order valence-corrected chi connectivity index (χ0v) is 13.6. The molecule has 1 N–H and O–H groups in total. The molecule has 0 saturated heterocycles. The Morgan fingerprint density at radius 1 is 1.05 bits per heavy atom. The lowest BCUT2D eigenvalue weighted by Gasteiger charge is -2.10. The van der Waals surface area contributed by atoms with Crippen LogP contribution in [0.2, 0.25) is 0 Å². The minimum absolute atomic E-state index is 0.564. The maximum Gasteiger partial charge on any atom is 0.119 e. The largest absolute Gasteiger partial charge is 0.491 e. The molecular weight excluding hydrogens is 266 g/mol. The third-order valence-corrected chi connectivity index (χ3v) is 2.85. The van der Waals surface area contributed by atoms with Gasteiger partial charge in [0.15, 0.2) is 0 Å². The molecule has 0 aromatic heterocycles. The summed E-state index contributed by atoms with van der Waals surface area (Å²) in [6, 6.07) is 8.19. The zero-order valence-electron chi connectivity index (χ0n) is 13.6. The first-order valence-corrected chi connectivity index (χ1v) is 7.80. The minimum Gasteiger partial charge on any atom is -0.491 e. The van der Waals surface area contributed by atoms with Crippen molar-refractivity contribution in [1.82, 2.24) is 5.32 Å². The zero-order chi connectivity index (χ0) is 15.3. The van der Waals surface area contributed by atoms with Gasteiger partial charge in [-0.1, -0.05) is 26.0 Å². The van der Waals surface area contributed by atoms with Crippen LogP contribution in [0.1, 0.15) is 26.3 Å². The van der Waals surface area contributed by atoms with Gasteiger partial charge in [-0.2, -0.15) is 0 Å². The normalized spacial score (nSPS) is 11.0. The highest BCUT2D eigenvalue weighted by Gasteiger charge is 1.99. The summed E-state index contributed by atoms with van der Waals surface area (Å²) in [5.41, 5.74) is 1.24. The van der Waals surface area contributed by atoms with Crippen LogP contribution in [0.5, 0.6) is 5.75 Å². The Balaban J connectivity index is 2.17. The third kappa shape index (κ3) is 9.45. The van der Waals surface area contributed by atoms with Crippen LogP contribution in [0.25, 0.3) is 0 Å². The van der Waals surface area contributed by atoms with Crippen molar-refractivity contribution >= 4 is 0 Å². The second-order valence-corrected chi connectivity index (χ2v) is 5.33. The molecule has 0 atom stereocenters. The van der Waals surface area contributed by atoms with Crippen LogP contribution in [-0.4, -0.2) is 39.6 Å². The van der Waals surface area contributed by atoms with Crippen LogP contribution in [0, 0.1) is 5.92 Å². The molecule has 0 amide bonds. The molecule has 0 spiro atoms. The summed E-state index contributed by atoms with van der Waals surface area (Å²) >= 11 is 0. The third-order valence-electron chi connectivity index (χ3n) is 2.85. The Morgan fingerprint density at radius 2 is 1.81 bits per heavy atom. The number of hydrogen-bond acceptors (Lipinski definition) is 4. The predicted octanol–water partition coefficient (Wildman–Crippen LogP) is 2.86. The van der Waals surface area contributed by atoms with Gasteiger partial charge in [-0.15, -0.1) is 0 Å². The summed E-state index contributed by atoms with van der Waals surface area (Å²) in [7, 11) is 0. The highest BCUT2D eigenvalue weighted by molar-refractivity contribution is 5.28. The minimum atomic E-state index is 0.564. The van der Waals surface area contributed by atoms with Crippen LogP contribution in [-0.2, 0) is 16.0 Å². The van der Waals surface area contributed by atoms with E-state index in [0.29, 0.717) is 32.3 Å². The second-order valence-electron chi connectivity index (χ2n) is 5.33. The molecule has 21 heavy (non-hydrogen) atoms. The number of nitrogens with one attached hydrogen (secondary N) is 1. The summed E-state index contributed by atoms with van der Waals surface area (Å²) < 4.78 is 16.3. The van der Waals surface area contributed by atoms with Gasteiger partial charge in [0, 0.05) is 13.2 Å². The van der Waals surface area contributed by atoms with Gasteiger partial charge < -0.3 is 19.5 Å². The molecule has 0 heterocycles. The number of hydrogen-bond donors (Lipinski definition) is 1. The molecule has 0 unspecified atom stereocenters. The summed E-state index contributed by atoms with van der Waals surface area (Å²) in [6.45, 7) is 11.4. The Labute approximate surface area is 128 Å². The van der Waals surface area contributed by atoms with Gasteiger partial charge in [-0.25, -0.2) is 0 Å². The van der Waals surface area contributed by atoms with Crippen LogP contribution in [0.4, 0.5) is 0 Å². The van der Waals surface area contributed by atoms with Crippen molar-refractivity contribution in [3.63, 3.8) is 0 Å². The average Bonchev–Trinajstić information content (AvgIpc) is 2.46. The highest BCUT2D eigenvalue weighted by atomic mass is 16.5. The Morgan fingerprint density at radius 3 is 2.57 bits per heavy atom. The molecule has 0 fully saturated rings. The van der Waals surface area contributed by atoms with Crippen molar-refractivity contribution in [3.8, 4) is 5.75 Å². The van der Waals surface area contributed by atoms with Crippen molar-refractivity contribution in [3.05, 3.63) is 29.8 Å². The highest BCUT2D eigenvalue weighted by Crippen LogP contribution is 2.13. The van der Waals surface area contributed by atoms with Crippen molar-refractivity contribution in [2.45, 2.75) is 27.3 Å². The summed E-state index contributed by atoms with van der Waals surface area (Å²) in [4.78, 5) is 0. The second kappa shape index (κ2) is 11.5. The van der Waals surface area contributed by atoms with Gasteiger partial charge >= 0.3 is 0 Å². The number of rotatable bonds is 12. The molecule has 1 rings (SSSR count). The molecule has 120 valence electrons. The monoisotopic (exact) mass is 295 g/mol.